The van der Waals surface area contributed by atoms with Crippen molar-refractivity contribution in [2.24, 2.45) is 13.0 Å². The van der Waals surface area contributed by atoms with Crippen LogP contribution in [0.15, 0.2) is 12.4 Å². The molecule has 1 aliphatic rings. The Morgan fingerprint density at radius 2 is 2.16 bits per heavy atom. The maximum atomic E-state index is 10.6. The van der Waals surface area contributed by atoms with Crippen molar-refractivity contribution in [2.45, 2.75) is 51.7 Å². The zero-order valence-electron chi connectivity index (χ0n) is 15.1. The molecule has 6 nitrogen and oxygen atoms in total. The number of imidazole rings is 2. The van der Waals surface area contributed by atoms with E-state index in [0.29, 0.717) is 5.15 Å². The quantitative estimate of drug-likeness (QED) is 0.791. The van der Waals surface area contributed by atoms with Crippen LogP contribution in [0.2, 0.25) is 5.15 Å². The van der Waals surface area contributed by atoms with Gasteiger partial charge in [0.15, 0.2) is 5.15 Å². The van der Waals surface area contributed by atoms with Crippen molar-refractivity contribution in [1.82, 2.24) is 24.4 Å². The highest BCUT2D eigenvalue weighted by Gasteiger charge is 2.28. The number of H-pyrrole nitrogens is 1. The molecule has 2 N–H and O–H groups in total. The van der Waals surface area contributed by atoms with Gasteiger partial charge in [0.25, 0.3) is 0 Å². The van der Waals surface area contributed by atoms with E-state index < -0.39 is 6.10 Å². The number of aromatic amines is 1. The van der Waals surface area contributed by atoms with Gasteiger partial charge < -0.3 is 14.7 Å². The molecule has 3 heterocycles. The summed E-state index contributed by atoms with van der Waals surface area (Å²) in [6, 6.07) is 0. The lowest BCUT2D eigenvalue weighted by Crippen LogP contribution is -2.35. The summed E-state index contributed by atoms with van der Waals surface area (Å²) < 4.78 is 1.90. The van der Waals surface area contributed by atoms with E-state index in [1.165, 1.54) is 0 Å². The Morgan fingerprint density at radius 1 is 1.40 bits per heavy atom. The van der Waals surface area contributed by atoms with Crippen LogP contribution in [0.1, 0.15) is 56.1 Å². The fourth-order valence-corrected chi connectivity index (χ4v) is 3.74. The van der Waals surface area contributed by atoms with E-state index in [2.05, 4.69) is 26.8 Å². The van der Waals surface area contributed by atoms with Gasteiger partial charge in [-0.1, -0.05) is 24.9 Å². The zero-order chi connectivity index (χ0) is 17.8. The van der Waals surface area contributed by atoms with Crippen molar-refractivity contribution in [3.63, 3.8) is 0 Å². The van der Waals surface area contributed by atoms with Gasteiger partial charge in [0.1, 0.15) is 17.8 Å². The molecule has 0 bridgehead atoms. The molecule has 0 radical (unpaired) electrons. The highest BCUT2D eigenvalue weighted by molar-refractivity contribution is 6.30. The number of hydrogen-bond acceptors (Lipinski definition) is 4. The van der Waals surface area contributed by atoms with Gasteiger partial charge >= 0.3 is 0 Å². The fraction of sp³-hybridized carbons (Fsp3) is 0.667. The predicted octanol–water partition coefficient (Wildman–Crippen LogP) is 3.08. The first-order valence-corrected chi connectivity index (χ1v) is 9.57. The Bertz CT molecular complexity index is 675. The highest BCUT2D eigenvalue weighted by atomic mass is 35.5. The molecule has 2 aromatic heterocycles. The molecule has 0 spiro atoms. The van der Waals surface area contributed by atoms with Crippen LogP contribution in [-0.4, -0.2) is 42.6 Å². The van der Waals surface area contributed by atoms with E-state index in [-0.39, 0.29) is 5.92 Å². The van der Waals surface area contributed by atoms with Crippen LogP contribution in [-0.2, 0) is 20.0 Å². The van der Waals surface area contributed by atoms with Crippen molar-refractivity contribution >= 4 is 11.6 Å². The molecule has 0 unspecified atom stereocenters. The van der Waals surface area contributed by atoms with Crippen LogP contribution < -0.4 is 0 Å². The zero-order valence-corrected chi connectivity index (χ0v) is 15.8. The lowest BCUT2D eigenvalue weighted by Gasteiger charge is -2.33. The molecule has 138 valence electrons. The molecule has 3 rings (SSSR count). The molecule has 0 aromatic carbocycles. The highest BCUT2D eigenvalue weighted by Crippen LogP contribution is 2.30. The van der Waals surface area contributed by atoms with Crippen molar-refractivity contribution in [3.8, 4) is 0 Å². The average molecular weight is 366 g/mol. The number of piperidine rings is 1. The third-order valence-corrected chi connectivity index (χ3v) is 5.44. The van der Waals surface area contributed by atoms with Crippen LogP contribution in [0.5, 0.6) is 0 Å². The van der Waals surface area contributed by atoms with Gasteiger partial charge in [0.05, 0.1) is 5.69 Å². The first kappa shape index (κ1) is 18.4. The summed E-state index contributed by atoms with van der Waals surface area (Å²) in [6.07, 6.45) is 8.28. The topological polar surface area (TPSA) is 70.0 Å². The normalized spacial score (nSPS) is 17.9. The van der Waals surface area contributed by atoms with Gasteiger partial charge in [0, 0.05) is 32.4 Å². The summed E-state index contributed by atoms with van der Waals surface area (Å²) in [5.74, 6) is 2.01. The maximum Gasteiger partial charge on any atom is 0.151 e. The summed E-state index contributed by atoms with van der Waals surface area (Å²) in [5.41, 5.74) is 1.01. The summed E-state index contributed by atoms with van der Waals surface area (Å²) in [7, 11) is 1.93. The smallest absolute Gasteiger partial charge is 0.151 e. The number of halogens is 1. The fourth-order valence-electron chi connectivity index (χ4n) is 3.53. The number of aliphatic hydroxyl groups excluding tert-OH is 1. The molecular formula is C18H28ClN5O. The van der Waals surface area contributed by atoms with E-state index in [1.807, 2.05) is 17.8 Å². The number of rotatable bonds is 7. The second kappa shape index (κ2) is 8.34. The van der Waals surface area contributed by atoms with Gasteiger partial charge in [-0.2, -0.15) is 0 Å². The number of hydrogen-bond donors (Lipinski definition) is 2. The number of aliphatic hydroxyl groups is 1. The minimum atomic E-state index is -0.487. The SMILES string of the molecule is CCCCc1nc(Cl)c(CN2CCC([C@H](O)c3nccn3C)CC2)[nH]1. The van der Waals surface area contributed by atoms with E-state index >= 15 is 0 Å². The molecule has 0 saturated carbocycles. The molecule has 1 saturated heterocycles. The second-order valence-electron chi connectivity index (χ2n) is 7.01. The van der Waals surface area contributed by atoms with Crippen LogP contribution in [0.3, 0.4) is 0 Å². The molecule has 0 aliphatic carbocycles. The number of aromatic nitrogens is 4. The lowest BCUT2D eigenvalue weighted by molar-refractivity contribution is 0.0489. The second-order valence-corrected chi connectivity index (χ2v) is 7.37. The Kier molecular flexibility index (Phi) is 6.15. The monoisotopic (exact) mass is 365 g/mol. The van der Waals surface area contributed by atoms with Crippen molar-refractivity contribution in [1.29, 1.82) is 0 Å². The van der Waals surface area contributed by atoms with Gasteiger partial charge in [-0.25, -0.2) is 9.97 Å². The van der Waals surface area contributed by atoms with Crippen LogP contribution >= 0.6 is 11.6 Å². The third-order valence-electron chi connectivity index (χ3n) is 5.13. The standard InChI is InChI=1S/C18H28ClN5O/c1-3-4-5-15-21-14(17(19)22-15)12-24-9-6-13(7-10-24)16(25)18-20-8-11-23(18)2/h8,11,13,16,25H,3-7,9-10,12H2,1-2H3,(H,21,22)/t16-/m0/s1. The largest absolute Gasteiger partial charge is 0.385 e. The Morgan fingerprint density at radius 3 is 2.80 bits per heavy atom. The van der Waals surface area contributed by atoms with Gasteiger partial charge in [-0.15, -0.1) is 0 Å². The average Bonchev–Trinajstić information content (AvgIpc) is 3.19. The first-order valence-electron chi connectivity index (χ1n) is 9.19. The maximum absolute atomic E-state index is 10.6. The van der Waals surface area contributed by atoms with Gasteiger partial charge in [-0.3, -0.25) is 4.90 Å². The van der Waals surface area contributed by atoms with Crippen molar-refractivity contribution in [3.05, 3.63) is 34.9 Å². The number of nitrogens with one attached hydrogen (secondary N) is 1. The van der Waals surface area contributed by atoms with Crippen LogP contribution in [0, 0.1) is 5.92 Å². The third kappa shape index (κ3) is 4.43. The van der Waals surface area contributed by atoms with Crippen molar-refractivity contribution in [2.75, 3.05) is 13.1 Å². The van der Waals surface area contributed by atoms with E-state index in [4.69, 9.17) is 11.6 Å². The van der Waals surface area contributed by atoms with Crippen LogP contribution in [0.25, 0.3) is 0 Å². The van der Waals surface area contributed by atoms with E-state index in [0.717, 1.165) is 69.1 Å². The first-order chi connectivity index (χ1) is 12.1. The predicted molar refractivity (Wildman–Crippen MR) is 98.4 cm³/mol. The molecule has 2 aromatic rings. The molecule has 25 heavy (non-hydrogen) atoms. The number of unbranched alkanes of at least 4 members (excludes halogenated alkanes) is 1. The summed E-state index contributed by atoms with van der Waals surface area (Å²) in [4.78, 5) is 14.5. The summed E-state index contributed by atoms with van der Waals surface area (Å²) >= 11 is 6.29. The van der Waals surface area contributed by atoms with Gasteiger partial charge in [-0.05, 0) is 38.3 Å². The molecule has 7 heteroatoms. The van der Waals surface area contributed by atoms with E-state index in [9.17, 15) is 5.11 Å². The Balaban J connectivity index is 1.53. The minimum Gasteiger partial charge on any atom is -0.385 e. The summed E-state index contributed by atoms with van der Waals surface area (Å²) in [5, 5.41) is 11.2. The lowest BCUT2D eigenvalue weighted by atomic mass is 9.90. The molecule has 0 amide bonds. The molecule has 1 fully saturated rings. The van der Waals surface area contributed by atoms with Gasteiger partial charge in [0.2, 0.25) is 0 Å². The number of aryl methyl sites for hydroxylation is 2. The van der Waals surface area contributed by atoms with E-state index in [1.54, 1.807) is 6.20 Å². The van der Waals surface area contributed by atoms with Crippen molar-refractivity contribution < 1.29 is 5.11 Å². The van der Waals surface area contributed by atoms with Crippen LogP contribution in [0.4, 0.5) is 0 Å². The Hall–Kier alpha value is -1.37. The number of nitrogens with zero attached hydrogens (tertiary/aromatic N) is 4. The molecule has 1 atom stereocenters. The molecular weight excluding hydrogens is 338 g/mol. The Labute approximate surface area is 154 Å². The minimum absolute atomic E-state index is 0.259. The molecule has 1 aliphatic heterocycles. The number of likely N-dealkylation sites (tertiary alicyclic amines) is 1. The summed E-state index contributed by atoms with van der Waals surface area (Å²) in [6.45, 7) is 4.87.